The van der Waals surface area contributed by atoms with Crippen molar-refractivity contribution in [3.63, 3.8) is 0 Å². The average Bonchev–Trinajstić information content (AvgIpc) is 2.64. The van der Waals surface area contributed by atoms with E-state index in [9.17, 15) is 9.90 Å². The smallest absolute Gasteiger partial charge is 0.458 e. The van der Waals surface area contributed by atoms with E-state index in [1.54, 1.807) is 45.0 Å². The molecule has 5 nitrogen and oxygen atoms in total. The summed E-state index contributed by atoms with van der Waals surface area (Å²) >= 11 is 5.95. The van der Waals surface area contributed by atoms with Crippen LogP contribution in [0.3, 0.4) is 0 Å². The number of halogens is 1. The summed E-state index contributed by atoms with van der Waals surface area (Å²) < 4.78 is 17.4. The molecule has 7 heteroatoms. The molecular weight excluding hydrogens is 354 g/mol. The maximum absolute atomic E-state index is 12.9. The molecule has 1 aromatic carbocycles. The molecule has 26 heavy (non-hydrogen) atoms. The van der Waals surface area contributed by atoms with Gasteiger partial charge in [-0.05, 0) is 66.2 Å². The molecule has 1 aliphatic heterocycles. The highest BCUT2D eigenvalue weighted by Gasteiger charge is 2.55. The van der Waals surface area contributed by atoms with Crippen LogP contribution in [0, 0.1) is 0 Å². The summed E-state index contributed by atoms with van der Waals surface area (Å²) in [5, 5.41) is 11.8. The first-order valence-corrected chi connectivity index (χ1v) is 9.12. The van der Waals surface area contributed by atoms with Crippen LogP contribution in [0.1, 0.15) is 54.0 Å². The second-order valence-corrected chi connectivity index (χ2v) is 9.20. The maximum atomic E-state index is 12.9. The van der Waals surface area contributed by atoms with Crippen molar-refractivity contribution in [2.75, 3.05) is 0 Å². The van der Waals surface area contributed by atoms with Gasteiger partial charge in [-0.25, -0.2) is 4.79 Å². The fourth-order valence-electron chi connectivity index (χ4n) is 2.70. The molecule has 1 aliphatic rings. The highest BCUT2D eigenvalue weighted by molar-refractivity contribution is 6.46. The van der Waals surface area contributed by atoms with Crippen molar-refractivity contribution < 1.29 is 23.9 Å². The molecule has 1 aromatic rings. The Morgan fingerprint density at radius 2 is 1.58 bits per heavy atom. The Balaban J connectivity index is 2.35. The van der Waals surface area contributed by atoms with Crippen LogP contribution in [0.5, 0.6) is 0 Å². The average molecular weight is 383 g/mol. The van der Waals surface area contributed by atoms with Crippen LogP contribution in [0.25, 0.3) is 0 Å². The van der Waals surface area contributed by atoms with Gasteiger partial charge in [0.1, 0.15) is 5.60 Å². The lowest BCUT2D eigenvalue weighted by molar-refractivity contribution is -0.177. The second-order valence-electron chi connectivity index (χ2n) is 8.76. The molecule has 1 fully saturated rings. The van der Waals surface area contributed by atoms with E-state index in [2.05, 4.69) is 0 Å². The Morgan fingerprint density at radius 3 is 2.00 bits per heavy atom. The molecule has 1 heterocycles. The molecular formula is C19H28BClO5. The molecule has 1 saturated heterocycles. The van der Waals surface area contributed by atoms with E-state index in [-0.39, 0.29) is 6.32 Å². The number of esters is 1. The van der Waals surface area contributed by atoms with Crippen molar-refractivity contribution >= 4 is 24.7 Å². The van der Waals surface area contributed by atoms with Gasteiger partial charge in [0.2, 0.25) is 0 Å². The van der Waals surface area contributed by atoms with Gasteiger partial charge in [-0.2, -0.15) is 0 Å². The van der Waals surface area contributed by atoms with Crippen molar-refractivity contribution in [1.29, 1.82) is 0 Å². The van der Waals surface area contributed by atoms with Gasteiger partial charge in [-0.1, -0.05) is 23.7 Å². The fraction of sp³-hybridized carbons (Fsp3) is 0.632. The van der Waals surface area contributed by atoms with Crippen LogP contribution in [-0.2, 0) is 24.4 Å². The van der Waals surface area contributed by atoms with Gasteiger partial charge in [0.05, 0.1) is 11.2 Å². The lowest BCUT2D eigenvalue weighted by atomic mass is 9.71. The zero-order chi connectivity index (χ0) is 20.0. The van der Waals surface area contributed by atoms with Gasteiger partial charge in [0.25, 0.3) is 0 Å². The van der Waals surface area contributed by atoms with Crippen LogP contribution in [0.15, 0.2) is 24.3 Å². The second kappa shape index (κ2) is 6.82. The Kier molecular flexibility index (Phi) is 5.57. The molecule has 0 radical (unpaired) electrons. The first kappa shape index (κ1) is 21.2. The van der Waals surface area contributed by atoms with Gasteiger partial charge in [0, 0.05) is 11.3 Å². The maximum Gasteiger partial charge on any atom is 0.461 e. The number of aliphatic hydroxyl groups is 1. The lowest BCUT2D eigenvalue weighted by Crippen LogP contribution is -2.44. The minimum atomic E-state index is -1.92. The summed E-state index contributed by atoms with van der Waals surface area (Å²) in [5.41, 5.74) is -3.41. The standard InChI is InChI=1S/C19H28BClO5/c1-16(2,3)24-15(22)19(23,13-8-10-14(21)11-9-13)12-20-25-17(4,5)18(6,7)26-20/h8-11,23H,12H2,1-7H3/t19-/m1/s1. The molecule has 1 N–H and O–H groups in total. The molecule has 144 valence electrons. The summed E-state index contributed by atoms with van der Waals surface area (Å²) in [6.07, 6.45) is -0.0869. The monoisotopic (exact) mass is 382 g/mol. The van der Waals surface area contributed by atoms with Gasteiger partial charge in [-0.3, -0.25) is 0 Å². The Hall–Kier alpha value is -1.08. The van der Waals surface area contributed by atoms with E-state index in [0.29, 0.717) is 10.6 Å². The van der Waals surface area contributed by atoms with Crippen LogP contribution in [0.2, 0.25) is 11.3 Å². The van der Waals surface area contributed by atoms with E-state index < -0.39 is 35.5 Å². The number of hydrogen-bond donors (Lipinski definition) is 1. The summed E-state index contributed by atoms with van der Waals surface area (Å²) in [5.74, 6) is -0.748. The largest absolute Gasteiger partial charge is 0.461 e. The molecule has 0 unspecified atom stereocenters. The Labute approximate surface area is 161 Å². The quantitative estimate of drug-likeness (QED) is 0.630. The molecule has 0 saturated carbocycles. The Bertz CT molecular complexity index is 650. The van der Waals surface area contributed by atoms with E-state index in [1.165, 1.54) is 0 Å². The summed E-state index contributed by atoms with van der Waals surface area (Å²) in [6, 6.07) is 6.46. The number of rotatable bonds is 4. The summed E-state index contributed by atoms with van der Waals surface area (Å²) in [7, 11) is -0.756. The van der Waals surface area contributed by atoms with Crippen LogP contribution >= 0.6 is 11.6 Å². The zero-order valence-corrected chi connectivity index (χ0v) is 17.3. The molecule has 0 aromatic heterocycles. The predicted molar refractivity (Wildman–Crippen MR) is 102 cm³/mol. The molecule has 1 atom stereocenters. The van der Waals surface area contributed by atoms with Crippen molar-refractivity contribution in [1.82, 2.24) is 0 Å². The minimum Gasteiger partial charge on any atom is -0.458 e. The van der Waals surface area contributed by atoms with Gasteiger partial charge < -0.3 is 19.2 Å². The molecule has 0 amide bonds. The number of benzene rings is 1. The van der Waals surface area contributed by atoms with E-state index in [4.69, 9.17) is 25.6 Å². The fourth-order valence-corrected chi connectivity index (χ4v) is 2.82. The van der Waals surface area contributed by atoms with Crippen molar-refractivity contribution in [2.24, 2.45) is 0 Å². The highest BCUT2D eigenvalue weighted by atomic mass is 35.5. The van der Waals surface area contributed by atoms with Gasteiger partial charge in [-0.15, -0.1) is 0 Å². The third-order valence-electron chi connectivity index (χ3n) is 4.82. The molecule has 0 aliphatic carbocycles. The van der Waals surface area contributed by atoms with Gasteiger partial charge >= 0.3 is 13.1 Å². The third kappa shape index (κ3) is 4.42. The van der Waals surface area contributed by atoms with Crippen molar-refractivity contribution in [3.05, 3.63) is 34.9 Å². The van der Waals surface area contributed by atoms with E-state index >= 15 is 0 Å². The Morgan fingerprint density at radius 1 is 1.12 bits per heavy atom. The first-order valence-electron chi connectivity index (χ1n) is 8.74. The van der Waals surface area contributed by atoms with Crippen LogP contribution in [0.4, 0.5) is 0 Å². The van der Waals surface area contributed by atoms with E-state index in [1.807, 2.05) is 27.7 Å². The number of carbonyl (C=O) groups is 1. The molecule has 0 bridgehead atoms. The highest BCUT2D eigenvalue weighted by Crippen LogP contribution is 2.41. The normalized spacial score (nSPS) is 21.3. The molecule has 2 rings (SSSR count). The van der Waals surface area contributed by atoms with Crippen molar-refractivity contribution in [3.8, 4) is 0 Å². The lowest BCUT2D eigenvalue weighted by Gasteiger charge is -2.32. The minimum absolute atomic E-state index is 0.0869. The number of carbonyl (C=O) groups excluding carboxylic acids is 1. The third-order valence-corrected chi connectivity index (χ3v) is 5.07. The zero-order valence-electron chi connectivity index (χ0n) is 16.6. The topological polar surface area (TPSA) is 65.0 Å². The first-order chi connectivity index (χ1) is 11.7. The number of hydrogen-bond acceptors (Lipinski definition) is 5. The number of ether oxygens (including phenoxy) is 1. The summed E-state index contributed by atoms with van der Waals surface area (Å²) in [6.45, 7) is 12.9. The van der Waals surface area contributed by atoms with Crippen LogP contribution in [-0.4, -0.2) is 35.0 Å². The summed E-state index contributed by atoms with van der Waals surface area (Å²) in [4.78, 5) is 12.9. The van der Waals surface area contributed by atoms with Gasteiger partial charge in [0.15, 0.2) is 5.60 Å². The van der Waals surface area contributed by atoms with E-state index in [0.717, 1.165) is 0 Å². The molecule has 0 spiro atoms. The predicted octanol–water partition coefficient (Wildman–Crippen LogP) is 3.96. The SMILES string of the molecule is CC(C)(C)OC(=O)[C@@](O)(CB1OC(C)(C)C(C)(C)O1)c1ccc(Cl)cc1. The van der Waals surface area contributed by atoms with Crippen LogP contribution < -0.4 is 0 Å². The van der Waals surface area contributed by atoms with Crippen molar-refractivity contribution in [2.45, 2.75) is 77.2 Å².